The summed E-state index contributed by atoms with van der Waals surface area (Å²) in [6.07, 6.45) is 7.84. The molecular weight excluding hydrogens is 228 g/mol. The van der Waals surface area contributed by atoms with Crippen molar-refractivity contribution in [3.05, 3.63) is 40.0 Å². The first kappa shape index (κ1) is 14.4. The van der Waals surface area contributed by atoms with Gasteiger partial charge in [0.05, 0.1) is 0 Å². The Morgan fingerprint density at radius 1 is 1.00 bits per heavy atom. The van der Waals surface area contributed by atoms with Crippen LogP contribution in [-0.2, 0) is 0 Å². The second-order valence-electron chi connectivity index (χ2n) is 6.70. The van der Waals surface area contributed by atoms with Crippen LogP contribution in [0.15, 0.2) is 17.7 Å². The highest BCUT2D eigenvalue weighted by atomic mass is 14.2. The van der Waals surface area contributed by atoms with Gasteiger partial charge in [-0.2, -0.15) is 0 Å². The van der Waals surface area contributed by atoms with E-state index in [9.17, 15) is 0 Å². The molecular formula is C19H28. The summed E-state index contributed by atoms with van der Waals surface area (Å²) in [4.78, 5) is 0. The molecule has 0 saturated heterocycles. The van der Waals surface area contributed by atoms with Crippen molar-refractivity contribution in [3.8, 4) is 0 Å². The molecule has 1 aliphatic carbocycles. The lowest BCUT2D eigenvalue weighted by atomic mass is 9.79. The summed E-state index contributed by atoms with van der Waals surface area (Å²) in [5.41, 5.74) is 7.35. The normalized spacial score (nSPS) is 19.9. The van der Waals surface area contributed by atoms with Crippen molar-refractivity contribution in [1.82, 2.24) is 0 Å². The van der Waals surface area contributed by atoms with Crippen LogP contribution < -0.4 is 0 Å². The predicted octanol–water partition coefficient (Wildman–Crippen LogP) is 5.84. The van der Waals surface area contributed by atoms with Crippen molar-refractivity contribution in [1.29, 1.82) is 0 Å². The monoisotopic (exact) mass is 256 g/mol. The van der Waals surface area contributed by atoms with Crippen LogP contribution >= 0.6 is 0 Å². The number of hydrogen-bond acceptors (Lipinski definition) is 0. The van der Waals surface area contributed by atoms with E-state index >= 15 is 0 Å². The van der Waals surface area contributed by atoms with E-state index in [1.807, 2.05) is 0 Å². The summed E-state index contributed by atoms with van der Waals surface area (Å²) >= 11 is 0. The van der Waals surface area contributed by atoms with Gasteiger partial charge in [0.2, 0.25) is 0 Å². The number of rotatable bonds is 2. The van der Waals surface area contributed by atoms with E-state index in [0.29, 0.717) is 0 Å². The molecule has 0 aliphatic heterocycles. The number of allylic oxidation sites excluding steroid dienone is 1. The third kappa shape index (κ3) is 3.49. The lowest BCUT2D eigenvalue weighted by Gasteiger charge is -2.27. The maximum Gasteiger partial charge on any atom is -0.0198 e. The molecule has 0 amide bonds. The molecule has 1 aliphatic rings. The molecule has 2 rings (SSSR count). The van der Waals surface area contributed by atoms with Crippen molar-refractivity contribution in [3.63, 3.8) is 0 Å². The average molecular weight is 256 g/mol. The predicted molar refractivity (Wildman–Crippen MR) is 85.4 cm³/mol. The Balaban J connectivity index is 2.15. The van der Waals surface area contributed by atoms with Crippen molar-refractivity contribution in [2.45, 2.75) is 60.3 Å². The molecule has 19 heavy (non-hydrogen) atoms. The van der Waals surface area contributed by atoms with Crippen LogP contribution in [0.3, 0.4) is 0 Å². The molecule has 0 aromatic heterocycles. The standard InChI is InChI=1S/C19H28/c1-13(2)18-8-6-17(7-9-18)12-19-15(4)10-14(3)11-16(19)5/h10-13,18H,6-9H2,1-5H3. The molecule has 0 heteroatoms. The Hall–Kier alpha value is -1.04. The fourth-order valence-electron chi connectivity index (χ4n) is 3.44. The molecule has 1 fully saturated rings. The van der Waals surface area contributed by atoms with Gasteiger partial charge >= 0.3 is 0 Å². The third-order valence-electron chi connectivity index (χ3n) is 4.70. The first-order valence-corrected chi connectivity index (χ1v) is 7.74. The summed E-state index contributed by atoms with van der Waals surface area (Å²) in [7, 11) is 0. The van der Waals surface area contributed by atoms with Gasteiger partial charge in [0.25, 0.3) is 0 Å². The molecule has 1 saturated carbocycles. The summed E-state index contributed by atoms with van der Waals surface area (Å²) in [5, 5.41) is 0. The van der Waals surface area contributed by atoms with Crippen LogP contribution in [0.2, 0.25) is 0 Å². The second kappa shape index (κ2) is 5.94. The van der Waals surface area contributed by atoms with Crippen LogP contribution in [0, 0.1) is 32.6 Å². The van der Waals surface area contributed by atoms with Crippen LogP contribution in [-0.4, -0.2) is 0 Å². The van der Waals surface area contributed by atoms with Gasteiger partial charge in [0.1, 0.15) is 0 Å². The van der Waals surface area contributed by atoms with Crippen LogP contribution in [0.4, 0.5) is 0 Å². The van der Waals surface area contributed by atoms with E-state index in [0.717, 1.165) is 11.8 Å². The van der Waals surface area contributed by atoms with E-state index in [1.165, 1.54) is 47.9 Å². The lowest BCUT2D eigenvalue weighted by molar-refractivity contribution is 0.312. The maximum atomic E-state index is 2.47. The SMILES string of the molecule is Cc1cc(C)c(C=C2CCC(C(C)C)CC2)c(C)c1. The smallest absolute Gasteiger partial charge is 0.0198 e. The van der Waals surface area contributed by atoms with Gasteiger partial charge in [0, 0.05) is 0 Å². The highest BCUT2D eigenvalue weighted by Gasteiger charge is 2.19. The zero-order chi connectivity index (χ0) is 14.0. The van der Waals surface area contributed by atoms with Gasteiger partial charge in [-0.15, -0.1) is 0 Å². The van der Waals surface area contributed by atoms with E-state index in [2.05, 4.69) is 52.8 Å². The van der Waals surface area contributed by atoms with Gasteiger partial charge in [-0.1, -0.05) is 43.2 Å². The van der Waals surface area contributed by atoms with Gasteiger partial charge in [-0.3, -0.25) is 0 Å². The average Bonchev–Trinajstić information content (AvgIpc) is 2.34. The first-order valence-electron chi connectivity index (χ1n) is 7.74. The molecule has 0 bridgehead atoms. The molecule has 0 unspecified atom stereocenters. The number of hydrogen-bond donors (Lipinski definition) is 0. The van der Waals surface area contributed by atoms with Gasteiger partial charge in [0.15, 0.2) is 0 Å². The highest BCUT2D eigenvalue weighted by molar-refractivity contribution is 5.61. The molecule has 0 heterocycles. The van der Waals surface area contributed by atoms with Crippen LogP contribution in [0.1, 0.15) is 61.8 Å². The quantitative estimate of drug-likeness (QED) is 0.623. The van der Waals surface area contributed by atoms with Gasteiger partial charge in [-0.25, -0.2) is 0 Å². The zero-order valence-corrected chi connectivity index (χ0v) is 13.2. The molecule has 104 valence electrons. The largest absolute Gasteiger partial charge is 0.0696 e. The van der Waals surface area contributed by atoms with Gasteiger partial charge < -0.3 is 0 Å². The van der Waals surface area contributed by atoms with Crippen molar-refractivity contribution in [2.24, 2.45) is 11.8 Å². The maximum absolute atomic E-state index is 2.47. The summed E-state index contributed by atoms with van der Waals surface area (Å²) in [5.74, 6) is 1.79. The van der Waals surface area contributed by atoms with Gasteiger partial charge in [-0.05, 0) is 75.0 Å². The molecule has 0 nitrogen and oxygen atoms in total. The Morgan fingerprint density at radius 3 is 2.00 bits per heavy atom. The first-order chi connectivity index (χ1) is 8.97. The Labute approximate surface area is 118 Å². The highest BCUT2D eigenvalue weighted by Crippen LogP contribution is 2.34. The van der Waals surface area contributed by atoms with Crippen molar-refractivity contribution in [2.75, 3.05) is 0 Å². The Morgan fingerprint density at radius 2 is 1.53 bits per heavy atom. The summed E-state index contributed by atoms with van der Waals surface area (Å²) < 4.78 is 0. The molecule has 0 atom stereocenters. The fraction of sp³-hybridized carbons (Fsp3) is 0.579. The molecule has 0 radical (unpaired) electrons. The fourth-order valence-corrected chi connectivity index (χ4v) is 3.44. The minimum absolute atomic E-state index is 0.851. The number of aryl methyl sites for hydroxylation is 3. The van der Waals surface area contributed by atoms with Crippen molar-refractivity contribution >= 4 is 6.08 Å². The van der Waals surface area contributed by atoms with Crippen LogP contribution in [0.25, 0.3) is 6.08 Å². The molecule has 1 aromatic carbocycles. The van der Waals surface area contributed by atoms with E-state index < -0.39 is 0 Å². The molecule has 1 aromatic rings. The Kier molecular flexibility index (Phi) is 4.50. The minimum Gasteiger partial charge on any atom is -0.0696 e. The third-order valence-corrected chi connectivity index (χ3v) is 4.70. The molecule has 0 spiro atoms. The Bertz CT molecular complexity index is 444. The zero-order valence-electron chi connectivity index (χ0n) is 13.2. The van der Waals surface area contributed by atoms with E-state index in [4.69, 9.17) is 0 Å². The summed E-state index contributed by atoms with van der Waals surface area (Å²) in [6, 6.07) is 4.61. The summed E-state index contributed by atoms with van der Waals surface area (Å²) in [6.45, 7) is 11.4. The molecule has 0 N–H and O–H groups in total. The lowest BCUT2D eigenvalue weighted by Crippen LogP contribution is -2.13. The minimum atomic E-state index is 0.851. The number of benzene rings is 1. The van der Waals surface area contributed by atoms with Crippen molar-refractivity contribution < 1.29 is 0 Å². The van der Waals surface area contributed by atoms with Crippen LogP contribution in [0.5, 0.6) is 0 Å². The van der Waals surface area contributed by atoms with E-state index in [1.54, 1.807) is 5.57 Å². The second-order valence-corrected chi connectivity index (χ2v) is 6.70. The van der Waals surface area contributed by atoms with E-state index in [-0.39, 0.29) is 0 Å². The topological polar surface area (TPSA) is 0 Å².